The van der Waals surface area contributed by atoms with Gasteiger partial charge in [0.25, 0.3) is 11.5 Å². The minimum atomic E-state index is -0.625. The molecule has 0 saturated carbocycles. The average Bonchev–Trinajstić information content (AvgIpc) is 2.83. The standard InChI is InChI=1S/C15H12N2O3.C9H10N2O2.ClH/c1-2-20-15(19)13-16-12-8-10-6-4-3-5-9(10)7-11(12)14(18)17-13;10-4-6-1-2-8-7(3-6)11-9(12)5-13-8;/h3-8H,2H2,1H3,(H,16,17,18);1-3H,4-5,10H2,(H,11,12);1H. The summed E-state index contributed by atoms with van der Waals surface area (Å²) in [5.41, 5.74) is 7.29. The number of anilines is 1. The third kappa shape index (κ3) is 5.33. The summed E-state index contributed by atoms with van der Waals surface area (Å²) in [5.74, 6) is -0.113. The van der Waals surface area contributed by atoms with E-state index in [-0.39, 0.29) is 42.9 Å². The van der Waals surface area contributed by atoms with Crippen molar-refractivity contribution < 1.29 is 19.1 Å². The van der Waals surface area contributed by atoms with E-state index in [2.05, 4.69) is 15.3 Å². The first kappa shape index (κ1) is 24.7. The van der Waals surface area contributed by atoms with Gasteiger partial charge in [0.2, 0.25) is 5.82 Å². The molecule has 10 heteroatoms. The summed E-state index contributed by atoms with van der Waals surface area (Å²) in [7, 11) is 0. The van der Waals surface area contributed by atoms with E-state index in [1.54, 1.807) is 19.1 Å². The minimum absolute atomic E-state index is 0. The molecular weight excluding hydrogens is 460 g/mol. The molecule has 34 heavy (non-hydrogen) atoms. The quantitative estimate of drug-likeness (QED) is 0.301. The zero-order chi connectivity index (χ0) is 23.4. The second-order valence-corrected chi connectivity index (χ2v) is 7.22. The largest absolute Gasteiger partial charge is 0.482 e. The molecule has 0 spiro atoms. The van der Waals surface area contributed by atoms with Crippen molar-refractivity contribution in [1.82, 2.24) is 9.97 Å². The number of carbonyl (C=O) groups is 2. The summed E-state index contributed by atoms with van der Waals surface area (Å²) < 4.78 is 10.0. The Bertz CT molecular complexity index is 1420. The first-order chi connectivity index (χ1) is 16.0. The number of nitrogens with two attached hydrogens (primary N) is 1. The maximum absolute atomic E-state index is 12.0. The van der Waals surface area contributed by atoms with Crippen LogP contribution in [0, 0.1) is 0 Å². The van der Waals surface area contributed by atoms with Gasteiger partial charge in [0.1, 0.15) is 5.75 Å². The molecule has 0 fully saturated rings. The van der Waals surface area contributed by atoms with Crippen LogP contribution in [-0.2, 0) is 16.1 Å². The molecule has 1 aromatic heterocycles. The van der Waals surface area contributed by atoms with Crippen LogP contribution in [0.4, 0.5) is 5.69 Å². The monoisotopic (exact) mass is 482 g/mol. The minimum Gasteiger partial charge on any atom is -0.482 e. The molecule has 5 rings (SSSR count). The first-order valence-electron chi connectivity index (χ1n) is 10.3. The van der Waals surface area contributed by atoms with Gasteiger partial charge in [-0.15, -0.1) is 12.4 Å². The van der Waals surface area contributed by atoms with E-state index in [4.69, 9.17) is 15.2 Å². The molecule has 4 N–H and O–H groups in total. The molecule has 1 aliphatic heterocycles. The zero-order valence-corrected chi connectivity index (χ0v) is 19.1. The summed E-state index contributed by atoms with van der Waals surface area (Å²) in [4.78, 5) is 41.3. The van der Waals surface area contributed by atoms with E-state index in [1.807, 2.05) is 42.5 Å². The molecule has 176 valence electrons. The van der Waals surface area contributed by atoms with Gasteiger partial charge in [-0.1, -0.05) is 30.3 Å². The fraction of sp³-hybridized carbons (Fsp3) is 0.167. The lowest BCUT2D eigenvalue weighted by Gasteiger charge is -2.18. The molecule has 0 atom stereocenters. The second-order valence-electron chi connectivity index (χ2n) is 7.22. The van der Waals surface area contributed by atoms with E-state index in [9.17, 15) is 14.4 Å². The van der Waals surface area contributed by atoms with Crippen LogP contribution in [0.15, 0.2) is 59.4 Å². The Morgan fingerprint density at radius 2 is 1.85 bits per heavy atom. The van der Waals surface area contributed by atoms with Gasteiger partial charge in [0, 0.05) is 6.54 Å². The predicted molar refractivity (Wildman–Crippen MR) is 132 cm³/mol. The maximum atomic E-state index is 12.0. The van der Waals surface area contributed by atoms with Crippen LogP contribution in [-0.4, -0.2) is 35.1 Å². The lowest BCUT2D eigenvalue weighted by atomic mass is 10.1. The van der Waals surface area contributed by atoms with Crippen LogP contribution in [0.2, 0.25) is 0 Å². The Morgan fingerprint density at radius 1 is 1.12 bits per heavy atom. The number of halogens is 1. The Balaban J connectivity index is 0.000000201. The van der Waals surface area contributed by atoms with Gasteiger partial charge in [-0.05, 0) is 47.5 Å². The van der Waals surface area contributed by atoms with Crippen molar-refractivity contribution in [2.75, 3.05) is 18.5 Å². The molecule has 9 nitrogen and oxygen atoms in total. The van der Waals surface area contributed by atoms with Gasteiger partial charge in [-0.25, -0.2) is 9.78 Å². The van der Waals surface area contributed by atoms with E-state index in [1.165, 1.54) is 0 Å². The van der Waals surface area contributed by atoms with Gasteiger partial charge in [-0.2, -0.15) is 0 Å². The highest BCUT2D eigenvalue weighted by atomic mass is 35.5. The number of nitrogens with zero attached hydrogens (tertiary/aromatic N) is 1. The summed E-state index contributed by atoms with van der Waals surface area (Å²) in [6.45, 7) is 2.49. The Hall–Kier alpha value is -3.95. The van der Waals surface area contributed by atoms with Crippen LogP contribution in [0.5, 0.6) is 5.75 Å². The van der Waals surface area contributed by atoms with E-state index in [0.717, 1.165) is 16.3 Å². The molecule has 2 heterocycles. The second kappa shape index (κ2) is 10.8. The van der Waals surface area contributed by atoms with Crippen molar-refractivity contribution in [1.29, 1.82) is 0 Å². The topological polar surface area (TPSA) is 136 Å². The normalized spacial score (nSPS) is 11.9. The van der Waals surface area contributed by atoms with Crippen LogP contribution < -0.4 is 21.3 Å². The van der Waals surface area contributed by atoms with Crippen LogP contribution in [0.3, 0.4) is 0 Å². The van der Waals surface area contributed by atoms with Crippen LogP contribution in [0.1, 0.15) is 23.1 Å². The summed E-state index contributed by atoms with van der Waals surface area (Å²) in [6, 6.07) is 16.8. The molecule has 0 bridgehead atoms. The van der Waals surface area contributed by atoms with Gasteiger partial charge < -0.3 is 25.5 Å². The van der Waals surface area contributed by atoms with Crippen molar-refractivity contribution in [2.24, 2.45) is 5.73 Å². The number of hydrogen-bond donors (Lipinski definition) is 3. The molecular formula is C24H23ClN4O5. The van der Waals surface area contributed by atoms with Crippen molar-refractivity contribution in [3.8, 4) is 5.75 Å². The van der Waals surface area contributed by atoms with Crippen LogP contribution in [0.25, 0.3) is 21.7 Å². The van der Waals surface area contributed by atoms with Crippen molar-refractivity contribution >= 4 is 51.6 Å². The van der Waals surface area contributed by atoms with Gasteiger partial charge in [0.05, 0.1) is 23.2 Å². The van der Waals surface area contributed by atoms with Crippen molar-refractivity contribution in [3.63, 3.8) is 0 Å². The third-order valence-corrected chi connectivity index (χ3v) is 4.95. The lowest BCUT2D eigenvalue weighted by molar-refractivity contribution is -0.118. The van der Waals surface area contributed by atoms with Crippen molar-refractivity contribution in [3.05, 3.63) is 76.3 Å². The zero-order valence-electron chi connectivity index (χ0n) is 18.3. The van der Waals surface area contributed by atoms with Gasteiger partial charge >= 0.3 is 5.97 Å². The Morgan fingerprint density at radius 3 is 2.56 bits per heavy atom. The van der Waals surface area contributed by atoms with Crippen molar-refractivity contribution in [2.45, 2.75) is 13.5 Å². The fourth-order valence-corrected chi connectivity index (χ4v) is 3.38. The van der Waals surface area contributed by atoms with Gasteiger partial charge in [0.15, 0.2) is 6.61 Å². The fourth-order valence-electron chi connectivity index (χ4n) is 3.38. The van der Waals surface area contributed by atoms with E-state index >= 15 is 0 Å². The Kier molecular flexibility index (Phi) is 7.83. The third-order valence-electron chi connectivity index (χ3n) is 4.95. The number of ether oxygens (including phenoxy) is 2. The molecule has 1 amide bonds. The number of aromatic amines is 1. The van der Waals surface area contributed by atoms with Gasteiger partial charge in [-0.3, -0.25) is 9.59 Å². The highest BCUT2D eigenvalue weighted by Crippen LogP contribution is 2.28. The van der Waals surface area contributed by atoms with Crippen LogP contribution >= 0.6 is 12.4 Å². The van der Waals surface area contributed by atoms with E-state index in [0.29, 0.717) is 28.9 Å². The number of carbonyl (C=O) groups excluding carboxylic acids is 2. The number of aromatic nitrogens is 2. The number of fused-ring (bicyclic) bond motifs is 3. The summed E-state index contributed by atoms with van der Waals surface area (Å²) in [6.07, 6.45) is 0. The number of esters is 1. The molecule has 4 aromatic rings. The summed E-state index contributed by atoms with van der Waals surface area (Å²) >= 11 is 0. The molecule has 0 unspecified atom stereocenters. The molecule has 3 aromatic carbocycles. The highest BCUT2D eigenvalue weighted by molar-refractivity contribution is 5.97. The SMILES string of the molecule is CCOC(=O)c1nc2cc3ccccc3cc2c(=O)[nH]1.Cl.NCc1ccc2c(c1)NC(=O)CO2. The number of benzene rings is 3. The smallest absolute Gasteiger partial charge is 0.374 e. The summed E-state index contributed by atoms with van der Waals surface area (Å²) in [5, 5.41) is 5.09. The predicted octanol–water partition coefficient (Wildman–Crippen LogP) is 3.15. The maximum Gasteiger partial charge on any atom is 0.374 e. The first-order valence-corrected chi connectivity index (χ1v) is 10.3. The Labute approximate surface area is 200 Å². The number of amides is 1. The molecule has 0 radical (unpaired) electrons. The number of H-pyrrole nitrogens is 1. The molecule has 1 aliphatic rings. The average molecular weight is 483 g/mol. The molecule has 0 saturated heterocycles. The number of rotatable bonds is 3. The highest BCUT2D eigenvalue weighted by Gasteiger charge is 2.15. The lowest BCUT2D eigenvalue weighted by Crippen LogP contribution is -2.25. The van der Waals surface area contributed by atoms with E-state index < -0.39 is 5.97 Å². The number of nitrogens with one attached hydrogen (secondary N) is 2. The number of hydrogen-bond acceptors (Lipinski definition) is 7. The molecule has 0 aliphatic carbocycles.